The topological polar surface area (TPSA) is 78.9 Å². The van der Waals surface area contributed by atoms with Crippen molar-refractivity contribution in [1.82, 2.24) is 10.2 Å². The second-order valence-corrected chi connectivity index (χ2v) is 5.27. The molecular formula is C11H20N2O4S. The second-order valence-electron chi connectivity index (χ2n) is 4.12. The third-order valence-electron chi connectivity index (χ3n) is 2.76. The zero-order chi connectivity index (χ0) is 13.4. The molecule has 1 aliphatic heterocycles. The fourth-order valence-electron chi connectivity index (χ4n) is 1.61. The molecule has 0 aromatic rings. The van der Waals surface area contributed by atoms with E-state index < -0.39 is 5.97 Å². The standard InChI is InChI=1S/C11H20N2O4S/c1-13(9-3-7-18-8-9)11(16)12-4-6-17-5-2-10(14)15/h9H,2-8H2,1H3,(H,12,16)(H,14,15). The Hall–Kier alpha value is -0.950. The van der Waals surface area contributed by atoms with E-state index in [0.717, 1.165) is 17.9 Å². The van der Waals surface area contributed by atoms with E-state index in [2.05, 4.69) is 5.32 Å². The molecule has 0 radical (unpaired) electrons. The summed E-state index contributed by atoms with van der Waals surface area (Å²) in [5, 5.41) is 11.1. The number of rotatable bonds is 7. The van der Waals surface area contributed by atoms with Gasteiger partial charge in [0.15, 0.2) is 0 Å². The number of urea groups is 1. The Morgan fingerprint density at radius 2 is 2.28 bits per heavy atom. The van der Waals surface area contributed by atoms with E-state index in [1.54, 1.807) is 11.9 Å². The fraction of sp³-hybridized carbons (Fsp3) is 0.818. The maximum absolute atomic E-state index is 11.7. The Morgan fingerprint density at radius 3 is 2.89 bits per heavy atom. The third kappa shape index (κ3) is 5.59. The van der Waals surface area contributed by atoms with Crippen molar-refractivity contribution in [3.05, 3.63) is 0 Å². The molecule has 1 rings (SSSR count). The van der Waals surface area contributed by atoms with E-state index in [4.69, 9.17) is 9.84 Å². The smallest absolute Gasteiger partial charge is 0.317 e. The molecule has 2 N–H and O–H groups in total. The lowest BCUT2D eigenvalue weighted by Gasteiger charge is -2.23. The minimum absolute atomic E-state index is 0.00680. The summed E-state index contributed by atoms with van der Waals surface area (Å²) in [5.41, 5.74) is 0. The monoisotopic (exact) mass is 276 g/mol. The predicted molar refractivity (Wildman–Crippen MR) is 70.0 cm³/mol. The first-order valence-electron chi connectivity index (χ1n) is 5.99. The molecule has 0 aliphatic carbocycles. The molecule has 1 atom stereocenters. The van der Waals surface area contributed by atoms with E-state index in [-0.39, 0.29) is 19.1 Å². The first-order chi connectivity index (χ1) is 8.61. The second kappa shape index (κ2) is 8.20. The lowest BCUT2D eigenvalue weighted by atomic mass is 10.2. The Morgan fingerprint density at radius 1 is 1.50 bits per heavy atom. The van der Waals surface area contributed by atoms with Gasteiger partial charge in [-0.05, 0) is 12.2 Å². The molecular weight excluding hydrogens is 256 g/mol. The van der Waals surface area contributed by atoms with Gasteiger partial charge in [-0.3, -0.25) is 4.79 Å². The Bertz CT molecular complexity index is 282. The van der Waals surface area contributed by atoms with Crippen LogP contribution in [-0.2, 0) is 9.53 Å². The number of carbonyl (C=O) groups excluding carboxylic acids is 1. The summed E-state index contributed by atoms with van der Waals surface area (Å²) in [4.78, 5) is 23.7. The number of hydrogen-bond acceptors (Lipinski definition) is 4. The molecule has 6 nitrogen and oxygen atoms in total. The zero-order valence-electron chi connectivity index (χ0n) is 10.6. The lowest BCUT2D eigenvalue weighted by molar-refractivity contribution is -0.138. The van der Waals surface area contributed by atoms with Gasteiger partial charge in [-0.15, -0.1) is 0 Å². The molecule has 1 heterocycles. The molecule has 104 valence electrons. The molecule has 0 spiro atoms. The molecule has 1 fully saturated rings. The van der Waals surface area contributed by atoms with E-state index in [9.17, 15) is 9.59 Å². The summed E-state index contributed by atoms with van der Waals surface area (Å²) in [6, 6.07) is 0.229. The van der Waals surface area contributed by atoms with Crippen molar-refractivity contribution >= 4 is 23.8 Å². The van der Waals surface area contributed by atoms with Gasteiger partial charge in [-0.1, -0.05) is 0 Å². The van der Waals surface area contributed by atoms with Crippen molar-refractivity contribution in [3.63, 3.8) is 0 Å². The Balaban J connectivity index is 2.04. The van der Waals surface area contributed by atoms with Crippen LogP contribution < -0.4 is 5.32 Å². The minimum atomic E-state index is -0.877. The molecule has 7 heteroatoms. The van der Waals surface area contributed by atoms with Crippen molar-refractivity contribution in [2.75, 3.05) is 38.3 Å². The highest BCUT2D eigenvalue weighted by molar-refractivity contribution is 7.99. The van der Waals surface area contributed by atoms with Gasteiger partial charge < -0.3 is 20.1 Å². The maximum atomic E-state index is 11.7. The molecule has 0 aromatic carbocycles. The lowest BCUT2D eigenvalue weighted by Crippen LogP contribution is -2.44. The van der Waals surface area contributed by atoms with Crippen LogP contribution in [0.2, 0.25) is 0 Å². The van der Waals surface area contributed by atoms with Gasteiger partial charge in [-0.2, -0.15) is 11.8 Å². The van der Waals surface area contributed by atoms with Crippen molar-refractivity contribution in [3.8, 4) is 0 Å². The van der Waals surface area contributed by atoms with E-state index in [0.29, 0.717) is 19.2 Å². The summed E-state index contributed by atoms with van der Waals surface area (Å²) in [6.07, 6.45) is 1.04. The van der Waals surface area contributed by atoms with Crippen LogP contribution in [0.1, 0.15) is 12.8 Å². The Kier molecular flexibility index (Phi) is 6.89. The van der Waals surface area contributed by atoms with Gasteiger partial charge in [0, 0.05) is 25.4 Å². The molecule has 0 aromatic heterocycles. The maximum Gasteiger partial charge on any atom is 0.317 e. The van der Waals surface area contributed by atoms with E-state index >= 15 is 0 Å². The van der Waals surface area contributed by atoms with E-state index in [1.165, 1.54) is 0 Å². The number of nitrogens with zero attached hydrogens (tertiary/aromatic N) is 1. The number of aliphatic carboxylic acids is 1. The van der Waals surface area contributed by atoms with Gasteiger partial charge in [0.05, 0.1) is 19.6 Å². The van der Waals surface area contributed by atoms with Crippen LogP contribution in [0.4, 0.5) is 4.79 Å². The summed E-state index contributed by atoms with van der Waals surface area (Å²) < 4.78 is 5.08. The summed E-state index contributed by atoms with van der Waals surface area (Å²) >= 11 is 1.86. The van der Waals surface area contributed by atoms with Gasteiger partial charge >= 0.3 is 12.0 Å². The van der Waals surface area contributed by atoms with Gasteiger partial charge in [0.1, 0.15) is 0 Å². The van der Waals surface area contributed by atoms with Crippen LogP contribution in [-0.4, -0.2) is 66.4 Å². The summed E-state index contributed by atoms with van der Waals surface area (Å²) in [5.74, 6) is 1.23. The van der Waals surface area contributed by atoms with Crippen molar-refractivity contribution in [2.45, 2.75) is 18.9 Å². The van der Waals surface area contributed by atoms with Crippen LogP contribution in [0.15, 0.2) is 0 Å². The highest BCUT2D eigenvalue weighted by Gasteiger charge is 2.23. The number of carboxylic acids is 1. The normalized spacial score (nSPS) is 18.6. The summed E-state index contributed by atoms with van der Waals surface area (Å²) in [7, 11) is 1.80. The molecule has 0 bridgehead atoms. The Labute approximate surface area is 111 Å². The number of hydrogen-bond donors (Lipinski definition) is 2. The molecule has 1 aliphatic rings. The van der Waals surface area contributed by atoms with Crippen molar-refractivity contribution in [1.29, 1.82) is 0 Å². The SMILES string of the molecule is CN(C(=O)NCCOCCC(=O)O)C1CCSC1. The summed E-state index contributed by atoms with van der Waals surface area (Å²) in [6.45, 7) is 0.926. The molecule has 2 amide bonds. The van der Waals surface area contributed by atoms with Gasteiger partial charge in [0.25, 0.3) is 0 Å². The molecule has 1 saturated heterocycles. The number of ether oxygens (including phenoxy) is 1. The van der Waals surface area contributed by atoms with Crippen LogP contribution in [0.25, 0.3) is 0 Å². The average molecular weight is 276 g/mol. The number of amides is 2. The number of thioether (sulfide) groups is 1. The zero-order valence-corrected chi connectivity index (χ0v) is 11.4. The number of nitrogens with one attached hydrogen (secondary N) is 1. The highest BCUT2D eigenvalue weighted by Crippen LogP contribution is 2.21. The number of carboxylic acid groups (broad SMARTS) is 1. The molecule has 0 saturated carbocycles. The van der Waals surface area contributed by atoms with Crippen LogP contribution in [0.5, 0.6) is 0 Å². The first kappa shape index (κ1) is 15.1. The molecule has 1 unspecified atom stereocenters. The van der Waals surface area contributed by atoms with Gasteiger partial charge in [0.2, 0.25) is 0 Å². The molecule has 18 heavy (non-hydrogen) atoms. The van der Waals surface area contributed by atoms with Crippen LogP contribution in [0.3, 0.4) is 0 Å². The van der Waals surface area contributed by atoms with Crippen LogP contribution in [0, 0.1) is 0 Å². The van der Waals surface area contributed by atoms with Crippen molar-refractivity contribution in [2.24, 2.45) is 0 Å². The quantitative estimate of drug-likeness (QED) is 0.667. The number of carbonyl (C=O) groups is 2. The largest absolute Gasteiger partial charge is 0.481 e. The van der Waals surface area contributed by atoms with E-state index in [1.807, 2.05) is 11.8 Å². The fourth-order valence-corrected chi connectivity index (χ4v) is 2.88. The first-order valence-corrected chi connectivity index (χ1v) is 7.14. The third-order valence-corrected chi connectivity index (χ3v) is 3.90. The van der Waals surface area contributed by atoms with Crippen molar-refractivity contribution < 1.29 is 19.4 Å². The predicted octanol–water partition coefficient (Wildman–Crippen LogP) is 0.625. The highest BCUT2D eigenvalue weighted by atomic mass is 32.2. The van der Waals surface area contributed by atoms with Gasteiger partial charge in [-0.25, -0.2) is 4.79 Å². The average Bonchev–Trinajstić information content (AvgIpc) is 2.85. The van der Waals surface area contributed by atoms with Crippen LogP contribution >= 0.6 is 11.8 Å². The minimum Gasteiger partial charge on any atom is -0.481 e.